The molecule has 2 aliphatic rings. The zero-order valence-electron chi connectivity index (χ0n) is 16.4. The quantitative estimate of drug-likeness (QED) is 0.511. The van der Waals surface area contributed by atoms with Crippen molar-refractivity contribution in [1.29, 1.82) is 0 Å². The SMILES string of the molecule is CC(C)C(C)C[C@H]1CCC(C2CC(C)C(C)C(C(C)C)C2)C1. The lowest BCUT2D eigenvalue weighted by Crippen LogP contribution is -2.35. The molecule has 130 valence electrons. The predicted molar refractivity (Wildman–Crippen MR) is 98.8 cm³/mol. The Morgan fingerprint density at radius 1 is 0.818 bits per heavy atom. The van der Waals surface area contributed by atoms with E-state index in [-0.39, 0.29) is 0 Å². The van der Waals surface area contributed by atoms with Gasteiger partial charge in [0.1, 0.15) is 0 Å². The monoisotopic (exact) mass is 306 g/mol. The topological polar surface area (TPSA) is 0 Å². The van der Waals surface area contributed by atoms with Crippen LogP contribution in [-0.2, 0) is 0 Å². The largest absolute Gasteiger partial charge is 0.0625 e. The number of hydrogen-bond donors (Lipinski definition) is 0. The van der Waals surface area contributed by atoms with Crippen molar-refractivity contribution in [3.05, 3.63) is 0 Å². The first kappa shape index (κ1) is 18.3. The average Bonchev–Trinajstić information content (AvgIpc) is 2.89. The molecule has 0 heteroatoms. The van der Waals surface area contributed by atoms with Gasteiger partial charge in [-0.3, -0.25) is 0 Å². The molecule has 0 amide bonds. The maximum absolute atomic E-state index is 2.53. The van der Waals surface area contributed by atoms with Gasteiger partial charge in [-0.05, 0) is 85.4 Å². The van der Waals surface area contributed by atoms with Gasteiger partial charge >= 0.3 is 0 Å². The zero-order valence-corrected chi connectivity index (χ0v) is 16.4. The fourth-order valence-electron chi connectivity index (χ4n) is 5.59. The Morgan fingerprint density at radius 3 is 2.09 bits per heavy atom. The molecule has 6 unspecified atom stereocenters. The zero-order chi connectivity index (χ0) is 16.4. The fraction of sp³-hybridized carbons (Fsp3) is 1.00. The van der Waals surface area contributed by atoms with Crippen LogP contribution in [0.25, 0.3) is 0 Å². The highest BCUT2D eigenvalue weighted by Gasteiger charge is 2.39. The van der Waals surface area contributed by atoms with Gasteiger partial charge in [0.05, 0.1) is 0 Å². The molecule has 0 N–H and O–H groups in total. The summed E-state index contributed by atoms with van der Waals surface area (Å²) >= 11 is 0. The summed E-state index contributed by atoms with van der Waals surface area (Å²) in [6.45, 7) is 17.2. The fourth-order valence-corrected chi connectivity index (χ4v) is 5.59. The first-order chi connectivity index (χ1) is 10.3. The van der Waals surface area contributed by atoms with E-state index in [2.05, 4.69) is 48.5 Å². The summed E-state index contributed by atoms with van der Waals surface area (Å²) in [4.78, 5) is 0. The van der Waals surface area contributed by atoms with Crippen molar-refractivity contribution in [2.45, 2.75) is 87.0 Å². The maximum Gasteiger partial charge on any atom is -0.0360 e. The molecule has 0 saturated heterocycles. The molecule has 0 aliphatic heterocycles. The molecule has 0 aromatic rings. The van der Waals surface area contributed by atoms with Gasteiger partial charge in [0.15, 0.2) is 0 Å². The summed E-state index contributed by atoms with van der Waals surface area (Å²) in [6, 6.07) is 0. The van der Waals surface area contributed by atoms with E-state index < -0.39 is 0 Å². The van der Waals surface area contributed by atoms with Crippen LogP contribution < -0.4 is 0 Å². The molecule has 7 atom stereocenters. The van der Waals surface area contributed by atoms with Crippen LogP contribution >= 0.6 is 0 Å². The smallest absolute Gasteiger partial charge is 0.0360 e. The van der Waals surface area contributed by atoms with Gasteiger partial charge < -0.3 is 0 Å². The molecule has 0 aromatic heterocycles. The molecule has 2 rings (SSSR count). The molecule has 2 saturated carbocycles. The van der Waals surface area contributed by atoms with E-state index in [4.69, 9.17) is 0 Å². The van der Waals surface area contributed by atoms with Crippen molar-refractivity contribution in [3.8, 4) is 0 Å². The van der Waals surface area contributed by atoms with Crippen molar-refractivity contribution in [2.75, 3.05) is 0 Å². The minimum Gasteiger partial charge on any atom is -0.0625 e. The normalized spacial score (nSPS) is 41.3. The van der Waals surface area contributed by atoms with E-state index in [0.29, 0.717) is 0 Å². The summed E-state index contributed by atoms with van der Waals surface area (Å²) in [5.74, 6) is 8.64. The van der Waals surface area contributed by atoms with E-state index >= 15 is 0 Å². The van der Waals surface area contributed by atoms with Crippen molar-refractivity contribution < 1.29 is 0 Å². The van der Waals surface area contributed by atoms with Crippen molar-refractivity contribution in [1.82, 2.24) is 0 Å². The van der Waals surface area contributed by atoms with Crippen LogP contribution in [0.5, 0.6) is 0 Å². The van der Waals surface area contributed by atoms with Crippen LogP contribution in [0.15, 0.2) is 0 Å². The Labute approximate surface area is 140 Å². The van der Waals surface area contributed by atoms with E-state index in [1.807, 2.05) is 0 Å². The second-order valence-electron chi connectivity index (χ2n) is 9.87. The van der Waals surface area contributed by atoms with Gasteiger partial charge in [0.25, 0.3) is 0 Å². The Bertz CT molecular complexity index is 329. The van der Waals surface area contributed by atoms with Gasteiger partial charge in [-0.1, -0.05) is 54.9 Å². The highest BCUT2D eigenvalue weighted by molar-refractivity contribution is 4.90. The molecular formula is C22H42. The highest BCUT2D eigenvalue weighted by Crippen LogP contribution is 2.49. The standard InChI is InChI=1S/C22H42/c1-14(2)16(5)10-19-8-9-20(12-19)21-11-17(6)18(7)22(13-21)15(3)4/h14-22H,8-13H2,1-7H3/t16?,17?,18?,19-,20?,21?,22?/m1/s1. The summed E-state index contributed by atoms with van der Waals surface area (Å²) in [7, 11) is 0. The summed E-state index contributed by atoms with van der Waals surface area (Å²) < 4.78 is 0. The maximum atomic E-state index is 2.53. The molecular weight excluding hydrogens is 264 g/mol. The van der Waals surface area contributed by atoms with E-state index in [1.165, 1.54) is 32.1 Å². The molecule has 0 bridgehead atoms. The van der Waals surface area contributed by atoms with Crippen LogP contribution in [0.1, 0.15) is 87.0 Å². The lowest BCUT2D eigenvalue weighted by molar-refractivity contribution is 0.0659. The highest BCUT2D eigenvalue weighted by atomic mass is 14.4. The first-order valence-corrected chi connectivity index (χ1v) is 10.3. The summed E-state index contributed by atoms with van der Waals surface area (Å²) in [5, 5.41) is 0. The molecule has 0 aromatic carbocycles. The van der Waals surface area contributed by atoms with Gasteiger partial charge in [0, 0.05) is 0 Å². The van der Waals surface area contributed by atoms with Crippen molar-refractivity contribution in [3.63, 3.8) is 0 Å². The van der Waals surface area contributed by atoms with E-state index in [1.54, 1.807) is 6.42 Å². The Kier molecular flexibility index (Phi) is 6.43. The molecule has 22 heavy (non-hydrogen) atoms. The van der Waals surface area contributed by atoms with Gasteiger partial charge in [-0.2, -0.15) is 0 Å². The number of rotatable bonds is 5. The second kappa shape index (κ2) is 7.71. The summed E-state index contributed by atoms with van der Waals surface area (Å²) in [6.07, 6.45) is 9.14. The van der Waals surface area contributed by atoms with E-state index in [0.717, 1.165) is 53.3 Å². The number of hydrogen-bond acceptors (Lipinski definition) is 0. The summed E-state index contributed by atoms with van der Waals surface area (Å²) in [5.41, 5.74) is 0. The minimum absolute atomic E-state index is 0.861. The Balaban J connectivity index is 1.90. The van der Waals surface area contributed by atoms with Crippen LogP contribution in [0.3, 0.4) is 0 Å². The van der Waals surface area contributed by atoms with Gasteiger partial charge in [-0.25, -0.2) is 0 Å². The lowest BCUT2D eigenvalue weighted by Gasteiger charge is -2.43. The van der Waals surface area contributed by atoms with Crippen LogP contribution in [0.4, 0.5) is 0 Å². The van der Waals surface area contributed by atoms with Gasteiger partial charge in [-0.15, -0.1) is 0 Å². The van der Waals surface area contributed by atoms with Crippen LogP contribution in [0.2, 0.25) is 0 Å². The third-order valence-electron chi connectivity index (χ3n) is 7.77. The average molecular weight is 307 g/mol. The van der Waals surface area contributed by atoms with Crippen LogP contribution in [0, 0.1) is 53.3 Å². The molecule has 0 radical (unpaired) electrons. The van der Waals surface area contributed by atoms with Gasteiger partial charge in [0.2, 0.25) is 0 Å². The third kappa shape index (κ3) is 4.30. The third-order valence-corrected chi connectivity index (χ3v) is 7.77. The molecule has 0 spiro atoms. The lowest BCUT2D eigenvalue weighted by atomic mass is 9.62. The van der Waals surface area contributed by atoms with E-state index in [9.17, 15) is 0 Å². The van der Waals surface area contributed by atoms with Crippen LogP contribution in [-0.4, -0.2) is 0 Å². The second-order valence-corrected chi connectivity index (χ2v) is 9.87. The van der Waals surface area contributed by atoms with Crippen molar-refractivity contribution >= 4 is 0 Å². The minimum atomic E-state index is 0.861. The molecule has 0 heterocycles. The Hall–Kier alpha value is 0. The molecule has 2 fully saturated rings. The Morgan fingerprint density at radius 2 is 1.50 bits per heavy atom. The predicted octanol–water partition coefficient (Wildman–Crippen LogP) is 7.04. The molecule has 2 aliphatic carbocycles. The molecule has 0 nitrogen and oxygen atoms in total. The first-order valence-electron chi connectivity index (χ1n) is 10.3. The van der Waals surface area contributed by atoms with Crippen molar-refractivity contribution in [2.24, 2.45) is 53.3 Å².